The summed E-state index contributed by atoms with van der Waals surface area (Å²) in [6.07, 6.45) is 0.513. The fourth-order valence-corrected chi connectivity index (χ4v) is 3.44. The molecule has 21 heavy (non-hydrogen) atoms. The van der Waals surface area contributed by atoms with Crippen molar-refractivity contribution in [3.63, 3.8) is 0 Å². The molecule has 0 aliphatic rings. The Morgan fingerprint density at radius 3 is 2.24 bits per heavy atom. The third-order valence-corrected chi connectivity index (χ3v) is 5.10. The van der Waals surface area contributed by atoms with Gasteiger partial charge in [-0.1, -0.05) is 41.4 Å². The highest BCUT2D eigenvalue weighted by Gasteiger charge is 2.32. The number of rotatable bonds is 5. The Morgan fingerprint density at radius 1 is 0.952 bits per heavy atom. The SMILES string of the molecule is Fc1ccc(CC(CCl)(CCl)c2cccc(Cl)c2)c(Cl)c1. The summed E-state index contributed by atoms with van der Waals surface area (Å²) in [6, 6.07) is 11.8. The monoisotopic (exact) mass is 364 g/mol. The third kappa shape index (κ3) is 3.84. The zero-order valence-electron chi connectivity index (χ0n) is 11.1. The van der Waals surface area contributed by atoms with Gasteiger partial charge in [0.05, 0.1) is 0 Å². The van der Waals surface area contributed by atoms with Crippen molar-refractivity contribution in [2.24, 2.45) is 0 Å². The van der Waals surface area contributed by atoms with Crippen LogP contribution in [-0.2, 0) is 11.8 Å². The number of alkyl halides is 2. The van der Waals surface area contributed by atoms with E-state index in [0.717, 1.165) is 11.1 Å². The molecular formula is C16H13Cl4F. The van der Waals surface area contributed by atoms with Gasteiger partial charge in [0.15, 0.2) is 0 Å². The fourth-order valence-electron chi connectivity index (χ4n) is 2.23. The highest BCUT2D eigenvalue weighted by atomic mass is 35.5. The minimum atomic E-state index is -0.504. The Morgan fingerprint density at radius 2 is 1.67 bits per heavy atom. The number of hydrogen-bond acceptors (Lipinski definition) is 0. The first-order chi connectivity index (χ1) is 10.0. The van der Waals surface area contributed by atoms with Gasteiger partial charge in [-0.2, -0.15) is 0 Å². The molecule has 112 valence electrons. The van der Waals surface area contributed by atoms with Gasteiger partial charge >= 0.3 is 0 Å². The van der Waals surface area contributed by atoms with Gasteiger partial charge < -0.3 is 0 Å². The van der Waals surface area contributed by atoms with E-state index < -0.39 is 5.41 Å². The van der Waals surface area contributed by atoms with E-state index in [2.05, 4.69) is 0 Å². The molecule has 0 aliphatic carbocycles. The first-order valence-corrected chi connectivity index (χ1v) is 8.15. The smallest absolute Gasteiger partial charge is 0.124 e. The van der Waals surface area contributed by atoms with Gasteiger partial charge in [0.1, 0.15) is 5.82 Å². The second-order valence-electron chi connectivity index (χ2n) is 4.97. The maximum atomic E-state index is 13.2. The summed E-state index contributed by atoms with van der Waals surface area (Å²) in [6.45, 7) is 0. The van der Waals surface area contributed by atoms with Crippen LogP contribution < -0.4 is 0 Å². The van der Waals surface area contributed by atoms with Crippen molar-refractivity contribution in [1.82, 2.24) is 0 Å². The second kappa shape index (κ2) is 7.19. The van der Waals surface area contributed by atoms with Crippen molar-refractivity contribution in [2.45, 2.75) is 11.8 Å². The lowest BCUT2D eigenvalue weighted by molar-refractivity contribution is 0.535. The Hall–Kier alpha value is -0.470. The minimum absolute atomic E-state index is 0.310. The molecule has 0 aromatic heterocycles. The fraction of sp³-hybridized carbons (Fsp3) is 0.250. The van der Waals surface area contributed by atoms with E-state index >= 15 is 0 Å². The van der Waals surface area contributed by atoms with Crippen LogP contribution in [0.2, 0.25) is 10.0 Å². The van der Waals surface area contributed by atoms with Gasteiger partial charge in [0, 0.05) is 27.2 Å². The first kappa shape index (κ1) is 16.9. The molecule has 0 radical (unpaired) electrons. The number of halogens is 5. The number of hydrogen-bond donors (Lipinski definition) is 0. The van der Waals surface area contributed by atoms with E-state index in [4.69, 9.17) is 46.4 Å². The summed E-state index contributed by atoms with van der Waals surface area (Å²) in [5, 5.41) is 0.994. The van der Waals surface area contributed by atoms with Crippen LogP contribution in [0.1, 0.15) is 11.1 Å². The molecule has 5 heteroatoms. The maximum absolute atomic E-state index is 13.2. The molecule has 0 fully saturated rings. The molecule has 0 spiro atoms. The normalized spacial score (nSPS) is 11.7. The van der Waals surface area contributed by atoms with Crippen molar-refractivity contribution in [3.05, 3.63) is 69.5 Å². The average molecular weight is 366 g/mol. The molecule has 0 nitrogen and oxygen atoms in total. The van der Waals surface area contributed by atoms with Gasteiger partial charge in [-0.05, 0) is 41.8 Å². The standard InChI is InChI=1S/C16H13Cl4F/c17-9-16(10-18,12-2-1-3-13(19)6-12)8-11-4-5-14(21)7-15(11)20/h1-7H,8-10H2. The second-order valence-corrected chi connectivity index (χ2v) is 6.35. The molecule has 0 bridgehead atoms. The van der Waals surface area contributed by atoms with Crippen LogP contribution in [0.3, 0.4) is 0 Å². The summed E-state index contributed by atoms with van der Waals surface area (Å²) in [4.78, 5) is 0. The predicted octanol–water partition coefficient (Wildman–Crippen LogP) is 6.09. The van der Waals surface area contributed by atoms with Crippen LogP contribution in [0.5, 0.6) is 0 Å². The lowest BCUT2D eigenvalue weighted by Crippen LogP contribution is -2.33. The molecular weight excluding hydrogens is 353 g/mol. The quantitative estimate of drug-likeness (QED) is 0.562. The first-order valence-electron chi connectivity index (χ1n) is 6.33. The van der Waals surface area contributed by atoms with Crippen molar-refractivity contribution < 1.29 is 4.39 Å². The molecule has 0 amide bonds. The summed E-state index contributed by atoms with van der Waals surface area (Å²) < 4.78 is 13.2. The Balaban J connectivity index is 2.43. The molecule has 2 aromatic carbocycles. The van der Waals surface area contributed by atoms with Gasteiger partial charge in [-0.25, -0.2) is 4.39 Å². The lowest BCUT2D eigenvalue weighted by atomic mass is 9.78. The predicted molar refractivity (Wildman–Crippen MR) is 89.7 cm³/mol. The van der Waals surface area contributed by atoms with E-state index in [-0.39, 0.29) is 5.82 Å². The molecule has 0 heterocycles. The van der Waals surface area contributed by atoms with E-state index in [1.807, 2.05) is 18.2 Å². The Labute approximate surface area is 143 Å². The third-order valence-electron chi connectivity index (χ3n) is 3.49. The summed E-state index contributed by atoms with van der Waals surface area (Å²) in [5.74, 6) is 0.253. The van der Waals surface area contributed by atoms with E-state index in [1.165, 1.54) is 12.1 Å². The maximum Gasteiger partial charge on any atom is 0.124 e. The molecule has 0 atom stereocenters. The summed E-state index contributed by atoms with van der Waals surface area (Å²) in [5.41, 5.74) is 1.25. The highest BCUT2D eigenvalue weighted by Crippen LogP contribution is 2.35. The molecule has 0 saturated heterocycles. The molecule has 0 saturated carbocycles. The van der Waals surface area contributed by atoms with Crippen molar-refractivity contribution in [1.29, 1.82) is 0 Å². The largest absolute Gasteiger partial charge is 0.207 e. The van der Waals surface area contributed by atoms with Gasteiger partial charge in [-0.3, -0.25) is 0 Å². The van der Waals surface area contributed by atoms with Crippen LogP contribution in [0.15, 0.2) is 42.5 Å². The van der Waals surface area contributed by atoms with Crippen LogP contribution >= 0.6 is 46.4 Å². The van der Waals surface area contributed by atoms with E-state index in [0.29, 0.717) is 28.2 Å². The van der Waals surface area contributed by atoms with Gasteiger partial charge in [0.2, 0.25) is 0 Å². The van der Waals surface area contributed by atoms with Crippen LogP contribution in [0.25, 0.3) is 0 Å². The van der Waals surface area contributed by atoms with E-state index in [1.54, 1.807) is 12.1 Å². The average Bonchev–Trinajstić information content (AvgIpc) is 2.47. The molecule has 0 N–H and O–H groups in total. The van der Waals surface area contributed by atoms with E-state index in [9.17, 15) is 4.39 Å². The zero-order chi connectivity index (χ0) is 15.5. The molecule has 2 rings (SSSR count). The van der Waals surface area contributed by atoms with Gasteiger partial charge in [-0.15, -0.1) is 23.2 Å². The topological polar surface area (TPSA) is 0 Å². The van der Waals surface area contributed by atoms with Crippen LogP contribution in [-0.4, -0.2) is 11.8 Å². The minimum Gasteiger partial charge on any atom is -0.207 e. The van der Waals surface area contributed by atoms with Gasteiger partial charge in [0.25, 0.3) is 0 Å². The Kier molecular flexibility index (Phi) is 5.79. The lowest BCUT2D eigenvalue weighted by Gasteiger charge is -2.31. The van der Waals surface area contributed by atoms with Crippen LogP contribution in [0, 0.1) is 5.82 Å². The molecule has 2 aromatic rings. The van der Waals surface area contributed by atoms with Crippen molar-refractivity contribution >= 4 is 46.4 Å². The summed E-state index contributed by atoms with van der Waals surface area (Å²) in [7, 11) is 0. The Bertz CT molecular complexity index is 623. The highest BCUT2D eigenvalue weighted by molar-refractivity contribution is 6.31. The molecule has 0 unspecified atom stereocenters. The van der Waals surface area contributed by atoms with Crippen molar-refractivity contribution in [3.8, 4) is 0 Å². The molecule has 0 aliphatic heterocycles. The summed E-state index contributed by atoms with van der Waals surface area (Å²) >= 11 is 24.6. The number of benzene rings is 2. The zero-order valence-corrected chi connectivity index (χ0v) is 14.1. The van der Waals surface area contributed by atoms with Crippen LogP contribution in [0.4, 0.5) is 4.39 Å². The van der Waals surface area contributed by atoms with Crippen molar-refractivity contribution in [2.75, 3.05) is 11.8 Å².